The van der Waals surface area contributed by atoms with Crippen LogP contribution in [-0.4, -0.2) is 0 Å². The Labute approximate surface area is 287 Å². The van der Waals surface area contributed by atoms with Gasteiger partial charge < -0.3 is 4.90 Å². The van der Waals surface area contributed by atoms with Crippen LogP contribution in [-0.2, 0) is 0 Å². The molecule has 0 aliphatic carbocycles. The van der Waals surface area contributed by atoms with Gasteiger partial charge in [0.1, 0.15) is 0 Å². The van der Waals surface area contributed by atoms with Crippen LogP contribution >= 0.6 is 0 Å². The van der Waals surface area contributed by atoms with E-state index in [0.29, 0.717) is 0 Å². The Morgan fingerprint density at radius 1 is 0.265 bits per heavy atom. The second-order valence-electron chi connectivity index (χ2n) is 12.6. The van der Waals surface area contributed by atoms with Crippen LogP contribution < -0.4 is 4.90 Å². The number of rotatable bonds is 6. The Morgan fingerprint density at radius 3 is 1.47 bits per heavy atom. The summed E-state index contributed by atoms with van der Waals surface area (Å²) in [6.07, 6.45) is 0. The van der Waals surface area contributed by atoms with Crippen molar-refractivity contribution in [3.05, 3.63) is 200 Å². The van der Waals surface area contributed by atoms with E-state index in [2.05, 4.69) is 205 Å². The average Bonchev–Trinajstić information content (AvgIpc) is 3.18. The largest absolute Gasteiger partial charge is 0.309 e. The molecule has 0 bridgehead atoms. The molecule has 0 aliphatic heterocycles. The maximum absolute atomic E-state index is 2.48. The van der Waals surface area contributed by atoms with Gasteiger partial charge in [-0.3, -0.25) is 0 Å². The normalized spacial score (nSPS) is 11.3. The van der Waals surface area contributed by atoms with Crippen LogP contribution in [0, 0.1) is 0 Å². The highest BCUT2D eigenvalue weighted by Gasteiger charge is 2.22. The summed E-state index contributed by atoms with van der Waals surface area (Å²) in [5, 5.41) is 7.30. The van der Waals surface area contributed by atoms with Crippen molar-refractivity contribution in [1.29, 1.82) is 0 Å². The van der Waals surface area contributed by atoms with E-state index >= 15 is 0 Å². The van der Waals surface area contributed by atoms with Gasteiger partial charge in [0.25, 0.3) is 0 Å². The monoisotopic (exact) mass is 623 g/mol. The second-order valence-corrected chi connectivity index (χ2v) is 12.6. The minimum Gasteiger partial charge on any atom is -0.309 e. The Hall–Kier alpha value is -6.44. The van der Waals surface area contributed by atoms with Crippen molar-refractivity contribution in [2.24, 2.45) is 0 Å². The van der Waals surface area contributed by atoms with Crippen molar-refractivity contribution in [3.8, 4) is 33.4 Å². The molecule has 0 N–H and O–H groups in total. The van der Waals surface area contributed by atoms with Gasteiger partial charge in [-0.15, -0.1) is 0 Å². The smallest absolute Gasteiger partial charge is 0.0546 e. The van der Waals surface area contributed by atoms with Crippen LogP contribution in [0.2, 0.25) is 0 Å². The molecular formula is C48H33N. The van der Waals surface area contributed by atoms with Crippen LogP contribution in [0.1, 0.15) is 0 Å². The molecule has 230 valence electrons. The molecule has 0 spiro atoms. The molecule has 0 amide bonds. The zero-order valence-electron chi connectivity index (χ0n) is 27.0. The highest BCUT2D eigenvalue weighted by atomic mass is 15.1. The van der Waals surface area contributed by atoms with Gasteiger partial charge in [0, 0.05) is 16.6 Å². The first-order chi connectivity index (χ1) is 24.3. The zero-order chi connectivity index (χ0) is 32.6. The third-order valence-corrected chi connectivity index (χ3v) is 9.56. The fraction of sp³-hybridized carbons (Fsp3) is 0. The van der Waals surface area contributed by atoms with Gasteiger partial charge in [0.05, 0.1) is 11.4 Å². The molecule has 0 saturated carbocycles. The van der Waals surface area contributed by atoms with Gasteiger partial charge in [-0.2, -0.15) is 0 Å². The molecule has 1 nitrogen and oxygen atoms in total. The summed E-state index contributed by atoms with van der Waals surface area (Å²) < 4.78 is 0. The molecule has 1 heteroatoms. The van der Waals surface area contributed by atoms with E-state index in [0.717, 1.165) is 17.1 Å². The van der Waals surface area contributed by atoms with Gasteiger partial charge >= 0.3 is 0 Å². The predicted octanol–water partition coefficient (Wildman–Crippen LogP) is 13.6. The van der Waals surface area contributed by atoms with Crippen molar-refractivity contribution < 1.29 is 0 Å². The summed E-state index contributed by atoms with van der Waals surface area (Å²) in [4.78, 5) is 2.48. The van der Waals surface area contributed by atoms with Crippen LogP contribution in [0.5, 0.6) is 0 Å². The molecule has 0 fully saturated rings. The molecular weight excluding hydrogens is 591 g/mol. The van der Waals surface area contributed by atoms with Gasteiger partial charge in [-0.25, -0.2) is 0 Å². The Balaban J connectivity index is 1.39. The maximum Gasteiger partial charge on any atom is 0.0546 e. The predicted molar refractivity (Wildman–Crippen MR) is 210 cm³/mol. The molecule has 49 heavy (non-hydrogen) atoms. The number of anilines is 3. The summed E-state index contributed by atoms with van der Waals surface area (Å²) in [6, 6.07) is 72.7. The number of benzene rings is 9. The molecule has 0 aromatic heterocycles. The third kappa shape index (κ3) is 5.42. The van der Waals surface area contributed by atoms with E-state index in [9.17, 15) is 0 Å². The van der Waals surface area contributed by atoms with Crippen molar-refractivity contribution in [2.75, 3.05) is 4.90 Å². The fourth-order valence-corrected chi connectivity index (χ4v) is 7.15. The van der Waals surface area contributed by atoms with Crippen molar-refractivity contribution >= 4 is 49.4 Å². The quantitative estimate of drug-likeness (QED) is 0.178. The molecule has 9 aromatic rings. The Kier molecular flexibility index (Phi) is 7.22. The highest BCUT2D eigenvalue weighted by Crippen LogP contribution is 2.47. The summed E-state index contributed by atoms with van der Waals surface area (Å²) in [7, 11) is 0. The summed E-state index contributed by atoms with van der Waals surface area (Å²) in [6.45, 7) is 0. The lowest BCUT2D eigenvalue weighted by atomic mass is 9.94. The van der Waals surface area contributed by atoms with E-state index in [1.165, 1.54) is 65.7 Å². The van der Waals surface area contributed by atoms with E-state index in [1.807, 2.05) is 0 Å². The fourth-order valence-electron chi connectivity index (χ4n) is 7.15. The van der Waals surface area contributed by atoms with E-state index in [4.69, 9.17) is 0 Å². The second kappa shape index (κ2) is 12.3. The number of hydrogen-bond acceptors (Lipinski definition) is 1. The summed E-state index contributed by atoms with van der Waals surface area (Å²) in [5.74, 6) is 0. The number of nitrogens with zero attached hydrogens (tertiary/aromatic N) is 1. The molecule has 0 aliphatic rings. The van der Waals surface area contributed by atoms with Gasteiger partial charge in [-0.05, 0) is 97.2 Å². The standard InChI is InChI=1S/C48H33N/c1-3-14-34(15-4-1)42-29-43(35-16-5-2-6-17-35)31-44(30-42)49(47-25-13-23-37-19-11-12-24-45(37)47)48-33-40-22-10-9-21-39(40)32-46(48)41-27-26-36-18-7-8-20-38(36)28-41/h1-33H. The third-order valence-electron chi connectivity index (χ3n) is 9.56. The number of hydrogen-bond donors (Lipinski definition) is 0. The molecule has 9 aromatic carbocycles. The molecule has 0 unspecified atom stereocenters. The van der Waals surface area contributed by atoms with Crippen LogP contribution in [0.15, 0.2) is 200 Å². The zero-order valence-corrected chi connectivity index (χ0v) is 27.0. The lowest BCUT2D eigenvalue weighted by Gasteiger charge is -2.30. The van der Waals surface area contributed by atoms with Crippen LogP contribution in [0.25, 0.3) is 65.7 Å². The minimum atomic E-state index is 1.11. The first-order valence-corrected chi connectivity index (χ1v) is 16.8. The van der Waals surface area contributed by atoms with Crippen molar-refractivity contribution in [2.45, 2.75) is 0 Å². The number of fused-ring (bicyclic) bond motifs is 3. The first kappa shape index (κ1) is 28.8. The van der Waals surface area contributed by atoms with Gasteiger partial charge in [0.15, 0.2) is 0 Å². The molecule has 0 saturated heterocycles. The van der Waals surface area contributed by atoms with Crippen LogP contribution in [0.3, 0.4) is 0 Å². The Bertz CT molecular complexity index is 2540. The minimum absolute atomic E-state index is 1.11. The van der Waals surface area contributed by atoms with E-state index < -0.39 is 0 Å². The lowest BCUT2D eigenvalue weighted by Crippen LogP contribution is -2.12. The highest BCUT2D eigenvalue weighted by molar-refractivity contribution is 6.05. The van der Waals surface area contributed by atoms with E-state index in [-0.39, 0.29) is 0 Å². The Morgan fingerprint density at radius 2 is 0.796 bits per heavy atom. The summed E-state index contributed by atoms with van der Waals surface area (Å²) in [5.41, 5.74) is 10.5. The molecule has 0 atom stereocenters. The summed E-state index contributed by atoms with van der Waals surface area (Å²) >= 11 is 0. The SMILES string of the molecule is c1ccc(-c2cc(-c3ccccc3)cc(N(c3cc4ccccc4cc3-c3ccc4ccccc4c3)c3cccc4ccccc34)c2)cc1. The maximum atomic E-state index is 2.48. The average molecular weight is 624 g/mol. The molecule has 0 radical (unpaired) electrons. The molecule has 9 rings (SSSR count). The topological polar surface area (TPSA) is 3.24 Å². The van der Waals surface area contributed by atoms with Crippen molar-refractivity contribution in [1.82, 2.24) is 0 Å². The lowest BCUT2D eigenvalue weighted by molar-refractivity contribution is 1.30. The van der Waals surface area contributed by atoms with Gasteiger partial charge in [-0.1, -0.05) is 158 Å². The van der Waals surface area contributed by atoms with Crippen LogP contribution in [0.4, 0.5) is 17.1 Å². The van der Waals surface area contributed by atoms with Gasteiger partial charge in [0.2, 0.25) is 0 Å². The van der Waals surface area contributed by atoms with E-state index in [1.54, 1.807) is 0 Å². The molecule has 0 heterocycles. The van der Waals surface area contributed by atoms with Crippen molar-refractivity contribution in [3.63, 3.8) is 0 Å². The first-order valence-electron chi connectivity index (χ1n) is 16.8.